The molecule has 2 atom stereocenters. The summed E-state index contributed by atoms with van der Waals surface area (Å²) in [4.78, 5) is 0. The van der Waals surface area contributed by atoms with Gasteiger partial charge in [0.05, 0.1) is 6.61 Å². The van der Waals surface area contributed by atoms with Crippen LogP contribution in [0.25, 0.3) is 0 Å². The highest BCUT2D eigenvalue weighted by atomic mass is 32.2. The van der Waals surface area contributed by atoms with Crippen LogP contribution in [-0.2, 0) is 0 Å². The van der Waals surface area contributed by atoms with Crippen molar-refractivity contribution in [2.24, 2.45) is 0 Å². The van der Waals surface area contributed by atoms with Gasteiger partial charge in [-0.15, -0.1) is 0 Å². The van der Waals surface area contributed by atoms with Gasteiger partial charge in [-0.25, -0.2) is 0 Å². The number of benzene rings is 1. The summed E-state index contributed by atoms with van der Waals surface area (Å²) in [7, 11) is 0. The largest absolute Gasteiger partial charge is 0.493 e. The van der Waals surface area contributed by atoms with Crippen molar-refractivity contribution in [2.75, 3.05) is 23.9 Å². The van der Waals surface area contributed by atoms with Crippen molar-refractivity contribution in [3.05, 3.63) is 18.2 Å². The van der Waals surface area contributed by atoms with Gasteiger partial charge < -0.3 is 15.8 Å². The monoisotopic (exact) mass is 280 g/mol. The van der Waals surface area contributed by atoms with E-state index in [1.54, 1.807) is 0 Å². The van der Waals surface area contributed by atoms with E-state index >= 15 is 0 Å². The predicted molar refractivity (Wildman–Crippen MR) is 85.2 cm³/mol. The smallest absolute Gasteiger partial charge is 0.123 e. The highest BCUT2D eigenvalue weighted by molar-refractivity contribution is 7.99. The molecule has 0 bridgehead atoms. The SMILES string of the molecule is CCCOc1cc(N)cc(NC2CCCC2SC)c1. The first kappa shape index (κ1) is 14.4. The molecule has 0 amide bonds. The summed E-state index contributed by atoms with van der Waals surface area (Å²) in [5, 5.41) is 4.33. The standard InChI is InChI=1S/C15H24N2OS/c1-3-7-18-13-9-11(16)8-12(10-13)17-14-5-4-6-15(14)19-2/h8-10,14-15,17H,3-7,16H2,1-2H3. The van der Waals surface area contributed by atoms with E-state index in [0.29, 0.717) is 11.3 Å². The molecule has 1 fully saturated rings. The molecule has 0 heterocycles. The lowest BCUT2D eigenvalue weighted by molar-refractivity contribution is 0.318. The van der Waals surface area contributed by atoms with Gasteiger partial charge in [0.15, 0.2) is 0 Å². The fourth-order valence-electron chi connectivity index (χ4n) is 2.60. The molecule has 1 aliphatic rings. The van der Waals surface area contributed by atoms with Crippen molar-refractivity contribution >= 4 is 23.1 Å². The zero-order chi connectivity index (χ0) is 13.7. The molecule has 1 saturated carbocycles. The van der Waals surface area contributed by atoms with Crippen molar-refractivity contribution in [3.8, 4) is 5.75 Å². The Labute approximate surface area is 120 Å². The second-order valence-electron chi connectivity index (χ2n) is 5.10. The zero-order valence-electron chi connectivity index (χ0n) is 11.8. The first-order valence-electron chi connectivity index (χ1n) is 7.05. The van der Waals surface area contributed by atoms with E-state index in [1.165, 1.54) is 19.3 Å². The van der Waals surface area contributed by atoms with Crippen LogP contribution >= 0.6 is 11.8 Å². The zero-order valence-corrected chi connectivity index (χ0v) is 12.6. The van der Waals surface area contributed by atoms with Gasteiger partial charge in [0.2, 0.25) is 0 Å². The first-order chi connectivity index (χ1) is 9.22. The number of ether oxygens (including phenoxy) is 1. The van der Waals surface area contributed by atoms with E-state index in [9.17, 15) is 0 Å². The topological polar surface area (TPSA) is 47.3 Å². The summed E-state index contributed by atoms with van der Waals surface area (Å²) < 4.78 is 5.67. The van der Waals surface area contributed by atoms with Gasteiger partial charge in [-0.3, -0.25) is 0 Å². The number of anilines is 2. The number of nitrogens with two attached hydrogens (primary N) is 1. The van der Waals surface area contributed by atoms with Crippen molar-refractivity contribution in [2.45, 2.75) is 43.9 Å². The summed E-state index contributed by atoms with van der Waals surface area (Å²) in [5.41, 5.74) is 7.79. The Morgan fingerprint density at radius 1 is 1.37 bits per heavy atom. The molecule has 3 N–H and O–H groups in total. The Morgan fingerprint density at radius 2 is 2.21 bits per heavy atom. The molecule has 19 heavy (non-hydrogen) atoms. The van der Waals surface area contributed by atoms with Crippen LogP contribution in [0.3, 0.4) is 0 Å². The van der Waals surface area contributed by atoms with Gasteiger partial charge in [-0.2, -0.15) is 11.8 Å². The van der Waals surface area contributed by atoms with Gasteiger partial charge in [0.25, 0.3) is 0 Å². The summed E-state index contributed by atoms with van der Waals surface area (Å²) in [5.74, 6) is 0.864. The van der Waals surface area contributed by atoms with E-state index in [0.717, 1.165) is 30.2 Å². The van der Waals surface area contributed by atoms with Gasteiger partial charge in [-0.05, 0) is 31.6 Å². The number of rotatable bonds is 6. The van der Waals surface area contributed by atoms with Crippen LogP contribution in [0.4, 0.5) is 11.4 Å². The van der Waals surface area contributed by atoms with Crippen molar-refractivity contribution in [3.63, 3.8) is 0 Å². The third-order valence-electron chi connectivity index (χ3n) is 3.51. The summed E-state index contributed by atoms with van der Waals surface area (Å²) in [6.45, 7) is 2.84. The maximum atomic E-state index is 5.95. The summed E-state index contributed by atoms with van der Waals surface area (Å²) in [6.07, 6.45) is 7.06. The van der Waals surface area contributed by atoms with Crippen molar-refractivity contribution in [1.29, 1.82) is 0 Å². The molecule has 1 aliphatic carbocycles. The molecule has 1 aromatic carbocycles. The van der Waals surface area contributed by atoms with Gasteiger partial charge >= 0.3 is 0 Å². The van der Waals surface area contributed by atoms with E-state index < -0.39 is 0 Å². The van der Waals surface area contributed by atoms with Crippen molar-refractivity contribution < 1.29 is 4.74 Å². The van der Waals surface area contributed by atoms with Gasteiger partial charge in [-0.1, -0.05) is 13.3 Å². The molecule has 2 rings (SSSR count). The molecule has 4 heteroatoms. The van der Waals surface area contributed by atoms with Crippen molar-refractivity contribution in [1.82, 2.24) is 0 Å². The lowest BCUT2D eigenvalue weighted by Gasteiger charge is -2.21. The minimum absolute atomic E-state index is 0.552. The fraction of sp³-hybridized carbons (Fsp3) is 0.600. The molecular weight excluding hydrogens is 256 g/mol. The van der Waals surface area contributed by atoms with Crippen LogP contribution in [-0.4, -0.2) is 24.2 Å². The lowest BCUT2D eigenvalue weighted by atomic mass is 10.2. The quantitative estimate of drug-likeness (QED) is 0.779. The fourth-order valence-corrected chi connectivity index (χ4v) is 3.53. The Balaban J connectivity index is 2.04. The predicted octanol–water partition coefficient (Wildman–Crippen LogP) is 3.75. The normalized spacial score (nSPS) is 22.4. The molecule has 0 radical (unpaired) electrons. The number of nitrogens with one attached hydrogen (secondary N) is 1. The van der Waals surface area contributed by atoms with E-state index in [1.807, 2.05) is 23.9 Å². The molecule has 106 valence electrons. The molecule has 0 spiro atoms. The van der Waals surface area contributed by atoms with Crippen LogP contribution in [0.5, 0.6) is 5.75 Å². The second kappa shape index (κ2) is 6.94. The Morgan fingerprint density at radius 3 is 2.95 bits per heavy atom. The second-order valence-corrected chi connectivity index (χ2v) is 6.17. The van der Waals surface area contributed by atoms with Crippen LogP contribution in [0.1, 0.15) is 32.6 Å². The van der Waals surface area contributed by atoms with Crippen LogP contribution in [0.2, 0.25) is 0 Å². The molecule has 0 saturated heterocycles. The number of hydrogen-bond acceptors (Lipinski definition) is 4. The first-order valence-corrected chi connectivity index (χ1v) is 8.34. The average molecular weight is 280 g/mol. The number of thioether (sulfide) groups is 1. The van der Waals surface area contributed by atoms with E-state index in [4.69, 9.17) is 10.5 Å². The minimum atomic E-state index is 0.552. The van der Waals surface area contributed by atoms with Crippen LogP contribution in [0.15, 0.2) is 18.2 Å². The van der Waals surface area contributed by atoms with E-state index in [-0.39, 0.29) is 0 Å². The highest BCUT2D eigenvalue weighted by Gasteiger charge is 2.26. The molecular formula is C15H24N2OS. The highest BCUT2D eigenvalue weighted by Crippen LogP contribution is 2.32. The lowest BCUT2D eigenvalue weighted by Crippen LogP contribution is -2.25. The van der Waals surface area contributed by atoms with Crippen LogP contribution in [0, 0.1) is 0 Å². The molecule has 0 aliphatic heterocycles. The van der Waals surface area contributed by atoms with Gasteiger partial charge in [0, 0.05) is 34.8 Å². The molecule has 1 aromatic rings. The third-order valence-corrected chi connectivity index (χ3v) is 4.68. The average Bonchev–Trinajstić information content (AvgIpc) is 2.83. The maximum Gasteiger partial charge on any atom is 0.123 e. The van der Waals surface area contributed by atoms with Gasteiger partial charge in [0.1, 0.15) is 5.75 Å². The Hall–Kier alpha value is -1.03. The maximum absolute atomic E-state index is 5.95. The Bertz CT molecular complexity index is 411. The van der Waals surface area contributed by atoms with Crippen LogP contribution < -0.4 is 15.8 Å². The molecule has 3 nitrogen and oxygen atoms in total. The third kappa shape index (κ3) is 3.96. The van der Waals surface area contributed by atoms with E-state index in [2.05, 4.69) is 24.6 Å². The Kier molecular flexibility index (Phi) is 5.25. The summed E-state index contributed by atoms with van der Waals surface area (Å²) >= 11 is 1.96. The minimum Gasteiger partial charge on any atom is -0.493 e. The molecule has 2 unspecified atom stereocenters. The molecule has 0 aromatic heterocycles. The summed E-state index contributed by atoms with van der Waals surface area (Å²) in [6, 6.07) is 6.49. The number of nitrogen functional groups attached to an aromatic ring is 1. The number of hydrogen-bond donors (Lipinski definition) is 2.